The molecule has 5 nitrogen and oxygen atoms in total. The molecule has 0 fully saturated rings. The molecule has 0 amide bonds. The van der Waals surface area contributed by atoms with Gasteiger partial charge in [0.2, 0.25) is 0 Å². The third-order valence-electron chi connectivity index (χ3n) is 1.39. The van der Waals surface area contributed by atoms with E-state index in [0.717, 1.165) is 0 Å². The molecule has 0 aliphatic rings. The smallest absolute Gasteiger partial charge is 0.271 e. The molecule has 0 saturated heterocycles. The summed E-state index contributed by atoms with van der Waals surface area (Å²) in [7, 11) is 0. The average Bonchev–Trinajstić information content (AvgIpc) is 2.15. The summed E-state index contributed by atoms with van der Waals surface area (Å²) in [5, 5.41) is 10.4. The number of nitro groups is 1. The van der Waals surface area contributed by atoms with Crippen LogP contribution in [0.5, 0.6) is 0 Å². The van der Waals surface area contributed by atoms with E-state index >= 15 is 0 Å². The number of nitrogens with zero attached hydrogens (tertiary/aromatic N) is 1. The molecule has 70 valence electrons. The summed E-state index contributed by atoms with van der Waals surface area (Å²) in [4.78, 5) is 14.8. The number of anilines is 1. The highest BCUT2D eigenvalue weighted by atomic mass is 16.6. The van der Waals surface area contributed by atoms with Crippen molar-refractivity contribution in [1.29, 1.82) is 0 Å². The number of hydrogen-bond acceptors (Lipinski definition) is 4. The molecule has 1 N–H and O–H groups in total. The summed E-state index contributed by atoms with van der Waals surface area (Å²) >= 11 is 0. The molecular formula is C8H10N2O3. The number of benzene rings is 1. The fraction of sp³-hybridized carbons (Fsp3) is 0.250. The summed E-state index contributed by atoms with van der Waals surface area (Å²) in [5.74, 6) is 0. The van der Waals surface area contributed by atoms with Crippen LogP contribution in [0.3, 0.4) is 0 Å². The molecule has 0 heterocycles. The van der Waals surface area contributed by atoms with Crippen LogP contribution in [0.2, 0.25) is 0 Å². The van der Waals surface area contributed by atoms with Crippen LogP contribution >= 0.6 is 0 Å². The summed E-state index contributed by atoms with van der Waals surface area (Å²) in [6.07, 6.45) is 0. The third-order valence-corrected chi connectivity index (χ3v) is 1.39. The van der Waals surface area contributed by atoms with E-state index in [0.29, 0.717) is 12.3 Å². The Morgan fingerprint density at radius 1 is 1.62 bits per heavy atom. The van der Waals surface area contributed by atoms with Crippen LogP contribution in [-0.2, 0) is 4.84 Å². The number of non-ortho nitro benzene ring substituents is 1. The first-order valence-electron chi connectivity index (χ1n) is 3.86. The van der Waals surface area contributed by atoms with Crippen LogP contribution in [0.25, 0.3) is 0 Å². The van der Waals surface area contributed by atoms with Gasteiger partial charge in [-0.1, -0.05) is 6.07 Å². The van der Waals surface area contributed by atoms with Gasteiger partial charge in [0.15, 0.2) is 0 Å². The minimum absolute atomic E-state index is 0.0460. The van der Waals surface area contributed by atoms with Crippen LogP contribution in [0.4, 0.5) is 11.4 Å². The first kappa shape index (κ1) is 9.47. The molecule has 0 aliphatic heterocycles. The van der Waals surface area contributed by atoms with E-state index in [2.05, 4.69) is 5.48 Å². The summed E-state index contributed by atoms with van der Waals surface area (Å²) < 4.78 is 0. The number of nitrogens with one attached hydrogen (secondary N) is 1. The van der Waals surface area contributed by atoms with E-state index in [4.69, 9.17) is 4.84 Å². The Balaban J connectivity index is 2.73. The Labute approximate surface area is 75.4 Å². The molecule has 0 radical (unpaired) electrons. The Hall–Kier alpha value is -1.62. The van der Waals surface area contributed by atoms with Crippen molar-refractivity contribution in [2.45, 2.75) is 6.92 Å². The van der Waals surface area contributed by atoms with Crippen LogP contribution < -0.4 is 5.48 Å². The molecule has 13 heavy (non-hydrogen) atoms. The highest BCUT2D eigenvalue weighted by molar-refractivity contribution is 5.49. The van der Waals surface area contributed by atoms with Gasteiger partial charge in [0.1, 0.15) is 0 Å². The first-order valence-corrected chi connectivity index (χ1v) is 3.86. The topological polar surface area (TPSA) is 64.4 Å². The van der Waals surface area contributed by atoms with Gasteiger partial charge in [0.25, 0.3) is 5.69 Å². The van der Waals surface area contributed by atoms with Crippen LogP contribution in [-0.4, -0.2) is 11.5 Å². The number of rotatable bonds is 4. The van der Waals surface area contributed by atoms with Crippen molar-refractivity contribution in [3.05, 3.63) is 34.4 Å². The van der Waals surface area contributed by atoms with Crippen molar-refractivity contribution in [1.82, 2.24) is 0 Å². The van der Waals surface area contributed by atoms with Gasteiger partial charge >= 0.3 is 0 Å². The van der Waals surface area contributed by atoms with Gasteiger partial charge in [-0.3, -0.25) is 20.4 Å². The maximum absolute atomic E-state index is 10.4. The van der Waals surface area contributed by atoms with Gasteiger partial charge in [-0.2, -0.15) is 0 Å². The van der Waals surface area contributed by atoms with Gasteiger partial charge in [0, 0.05) is 12.1 Å². The molecule has 5 heteroatoms. The van der Waals surface area contributed by atoms with Crippen LogP contribution in [0.1, 0.15) is 6.92 Å². The van der Waals surface area contributed by atoms with E-state index < -0.39 is 4.92 Å². The molecule has 0 saturated carbocycles. The lowest BCUT2D eigenvalue weighted by Gasteiger charge is -2.03. The number of hydrogen-bond donors (Lipinski definition) is 1. The van der Waals surface area contributed by atoms with Crippen molar-refractivity contribution < 1.29 is 9.76 Å². The monoisotopic (exact) mass is 182 g/mol. The molecule has 1 rings (SSSR count). The predicted molar refractivity (Wildman–Crippen MR) is 48.3 cm³/mol. The van der Waals surface area contributed by atoms with Crippen LogP contribution in [0, 0.1) is 10.1 Å². The van der Waals surface area contributed by atoms with Crippen molar-refractivity contribution in [3.63, 3.8) is 0 Å². The zero-order valence-electron chi connectivity index (χ0n) is 7.19. The van der Waals surface area contributed by atoms with Crippen molar-refractivity contribution >= 4 is 11.4 Å². The van der Waals surface area contributed by atoms with Gasteiger partial charge in [-0.25, -0.2) is 0 Å². The van der Waals surface area contributed by atoms with Crippen LogP contribution in [0.15, 0.2) is 24.3 Å². The highest BCUT2D eigenvalue weighted by Gasteiger charge is 2.04. The predicted octanol–water partition coefficient (Wildman–Crippen LogP) is 1.96. The molecule has 0 unspecified atom stereocenters. The van der Waals surface area contributed by atoms with Crippen molar-refractivity contribution in [2.75, 3.05) is 12.1 Å². The van der Waals surface area contributed by atoms with Gasteiger partial charge in [0.05, 0.1) is 17.2 Å². The summed E-state index contributed by atoms with van der Waals surface area (Å²) in [5.41, 5.74) is 3.21. The van der Waals surface area contributed by atoms with E-state index in [9.17, 15) is 10.1 Å². The van der Waals surface area contributed by atoms with Crippen molar-refractivity contribution in [3.8, 4) is 0 Å². The van der Waals surface area contributed by atoms with Gasteiger partial charge < -0.3 is 0 Å². The second-order valence-corrected chi connectivity index (χ2v) is 2.34. The standard InChI is InChI=1S/C8H10N2O3/c1-2-13-9-7-4-3-5-8(6-7)10(11)12/h3-6,9H,2H2,1H3. The minimum Gasteiger partial charge on any atom is -0.276 e. The van der Waals surface area contributed by atoms with Gasteiger partial charge in [-0.15, -0.1) is 0 Å². The Bertz CT molecular complexity index is 301. The molecule has 1 aromatic rings. The zero-order chi connectivity index (χ0) is 9.68. The Morgan fingerprint density at radius 3 is 3.00 bits per heavy atom. The lowest BCUT2D eigenvalue weighted by Crippen LogP contribution is -2.00. The van der Waals surface area contributed by atoms with E-state index in [1.807, 2.05) is 6.92 Å². The fourth-order valence-corrected chi connectivity index (χ4v) is 0.838. The van der Waals surface area contributed by atoms with E-state index in [1.54, 1.807) is 12.1 Å². The zero-order valence-corrected chi connectivity index (χ0v) is 7.19. The Morgan fingerprint density at radius 2 is 2.38 bits per heavy atom. The fourth-order valence-electron chi connectivity index (χ4n) is 0.838. The molecule has 0 aliphatic carbocycles. The second kappa shape index (κ2) is 4.42. The molecule has 1 aromatic carbocycles. The van der Waals surface area contributed by atoms with E-state index in [-0.39, 0.29) is 5.69 Å². The molecule has 0 bridgehead atoms. The molecule has 0 aromatic heterocycles. The average molecular weight is 182 g/mol. The number of nitro benzene ring substituents is 1. The first-order chi connectivity index (χ1) is 6.24. The maximum atomic E-state index is 10.4. The highest BCUT2D eigenvalue weighted by Crippen LogP contribution is 2.16. The summed E-state index contributed by atoms with van der Waals surface area (Å²) in [6.45, 7) is 2.33. The summed E-state index contributed by atoms with van der Waals surface area (Å²) in [6, 6.07) is 6.13. The van der Waals surface area contributed by atoms with E-state index in [1.165, 1.54) is 12.1 Å². The molecule has 0 atom stereocenters. The normalized spacial score (nSPS) is 9.62. The minimum atomic E-state index is -0.447. The van der Waals surface area contributed by atoms with Gasteiger partial charge in [-0.05, 0) is 13.0 Å². The largest absolute Gasteiger partial charge is 0.276 e. The lowest BCUT2D eigenvalue weighted by atomic mass is 10.3. The molecule has 0 spiro atoms. The molecular weight excluding hydrogens is 172 g/mol. The lowest BCUT2D eigenvalue weighted by molar-refractivity contribution is -0.384. The second-order valence-electron chi connectivity index (χ2n) is 2.34. The maximum Gasteiger partial charge on any atom is 0.271 e. The SMILES string of the molecule is CCONc1cccc([N+](=O)[O-])c1. The Kier molecular flexibility index (Phi) is 3.22. The van der Waals surface area contributed by atoms with Crippen molar-refractivity contribution in [2.24, 2.45) is 0 Å². The third kappa shape index (κ3) is 2.72. The quantitative estimate of drug-likeness (QED) is 0.571.